The van der Waals surface area contributed by atoms with E-state index in [1.807, 2.05) is 24.3 Å². The lowest BCUT2D eigenvalue weighted by Crippen LogP contribution is -2.25. The van der Waals surface area contributed by atoms with Crippen molar-refractivity contribution in [2.24, 2.45) is 0 Å². The zero-order chi connectivity index (χ0) is 13.2. The molecule has 19 heavy (non-hydrogen) atoms. The first kappa shape index (κ1) is 12.8. The fourth-order valence-electron chi connectivity index (χ4n) is 2.27. The Labute approximate surface area is 121 Å². The third-order valence-corrected chi connectivity index (χ3v) is 4.19. The second-order valence-electron chi connectivity index (χ2n) is 5.07. The van der Waals surface area contributed by atoms with Crippen molar-refractivity contribution in [1.29, 1.82) is 0 Å². The molecule has 0 radical (unpaired) electrons. The smallest absolute Gasteiger partial charge is 0.117 e. The van der Waals surface area contributed by atoms with Gasteiger partial charge in [-0.05, 0) is 42.7 Å². The highest BCUT2D eigenvalue weighted by Gasteiger charge is 2.29. The van der Waals surface area contributed by atoms with E-state index in [9.17, 15) is 0 Å². The lowest BCUT2D eigenvalue weighted by atomic mass is 10.2. The predicted molar refractivity (Wildman–Crippen MR) is 79.5 cm³/mol. The van der Waals surface area contributed by atoms with Crippen LogP contribution in [0.1, 0.15) is 24.2 Å². The average molecular weight is 321 g/mol. The summed E-state index contributed by atoms with van der Waals surface area (Å²) in [7, 11) is 0. The van der Waals surface area contributed by atoms with Crippen LogP contribution in [0.5, 0.6) is 0 Å². The van der Waals surface area contributed by atoms with Crippen molar-refractivity contribution in [2.75, 3.05) is 5.73 Å². The van der Waals surface area contributed by atoms with Gasteiger partial charge in [-0.3, -0.25) is 4.90 Å². The van der Waals surface area contributed by atoms with Gasteiger partial charge in [-0.25, -0.2) is 0 Å². The Morgan fingerprint density at radius 2 is 2.11 bits per heavy atom. The van der Waals surface area contributed by atoms with E-state index in [-0.39, 0.29) is 0 Å². The number of rotatable bonds is 5. The van der Waals surface area contributed by atoms with Gasteiger partial charge in [-0.2, -0.15) is 0 Å². The molecule has 0 unspecified atom stereocenters. The molecule has 4 heteroatoms. The van der Waals surface area contributed by atoms with E-state index in [0.717, 1.165) is 29.0 Å². The van der Waals surface area contributed by atoms with E-state index in [4.69, 9.17) is 10.2 Å². The first-order valence-corrected chi connectivity index (χ1v) is 7.32. The summed E-state index contributed by atoms with van der Waals surface area (Å²) in [5.74, 6) is 1.03. The lowest BCUT2D eigenvalue weighted by molar-refractivity contribution is 0.225. The Morgan fingerprint density at radius 1 is 1.26 bits per heavy atom. The summed E-state index contributed by atoms with van der Waals surface area (Å²) in [6.07, 6.45) is 4.31. The van der Waals surface area contributed by atoms with Gasteiger partial charge in [0.25, 0.3) is 0 Å². The molecule has 2 N–H and O–H groups in total. The van der Waals surface area contributed by atoms with Crippen molar-refractivity contribution in [1.82, 2.24) is 4.90 Å². The van der Waals surface area contributed by atoms with Crippen LogP contribution in [0.15, 0.2) is 45.5 Å². The molecule has 3 nitrogen and oxygen atoms in total. The summed E-state index contributed by atoms with van der Waals surface area (Å²) in [6.45, 7) is 1.79. The summed E-state index contributed by atoms with van der Waals surface area (Å²) in [6, 6.07) is 10.7. The summed E-state index contributed by atoms with van der Waals surface area (Å²) < 4.78 is 6.54. The van der Waals surface area contributed by atoms with Gasteiger partial charge in [0.05, 0.1) is 12.8 Å². The van der Waals surface area contributed by atoms with Crippen molar-refractivity contribution in [3.63, 3.8) is 0 Å². The summed E-state index contributed by atoms with van der Waals surface area (Å²) in [5.41, 5.74) is 7.84. The first-order valence-electron chi connectivity index (χ1n) is 6.53. The maximum absolute atomic E-state index is 5.78. The molecule has 0 aliphatic heterocycles. The molecule has 2 aromatic rings. The number of hydrogen-bond donors (Lipinski definition) is 1. The highest BCUT2D eigenvalue weighted by Crippen LogP contribution is 2.31. The van der Waals surface area contributed by atoms with Gasteiger partial charge in [0.1, 0.15) is 5.76 Å². The average Bonchev–Trinajstić information content (AvgIpc) is 3.10. The number of nitrogens with two attached hydrogens (primary N) is 1. The molecule has 100 valence electrons. The van der Waals surface area contributed by atoms with Crippen LogP contribution in [0.4, 0.5) is 5.69 Å². The second-order valence-corrected chi connectivity index (χ2v) is 5.92. The molecule has 1 heterocycles. The van der Waals surface area contributed by atoms with E-state index >= 15 is 0 Å². The monoisotopic (exact) mass is 320 g/mol. The zero-order valence-corrected chi connectivity index (χ0v) is 12.3. The molecule has 1 aromatic carbocycles. The van der Waals surface area contributed by atoms with Gasteiger partial charge in [-0.1, -0.05) is 22.0 Å². The van der Waals surface area contributed by atoms with E-state index in [1.54, 1.807) is 6.26 Å². The van der Waals surface area contributed by atoms with Crippen LogP contribution in [0.3, 0.4) is 0 Å². The minimum atomic E-state index is 0.689. The molecule has 1 aliphatic rings. The second kappa shape index (κ2) is 5.39. The zero-order valence-electron chi connectivity index (χ0n) is 10.7. The first-order chi connectivity index (χ1) is 9.22. The highest BCUT2D eigenvalue weighted by atomic mass is 79.9. The van der Waals surface area contributed by atoms with Crippen LogP contribution < -0.4 is 5.73 Å². The maximum Gasteiger partial charge on any atom is 0.117 e. The highest BCUT2D eigenvalue weighted by molar-refractivity contribution is 9.10. The number of nitrogen functional groups attached to an aromatic ring is 1. The largest absolute Gasteiger partial charge is 0.468 e. The molecule has 0 spiro atoms. The standard InChI is InChI=1S/C15H17BrN2O/c16-15-8-12(17)4-3-11(15)9-18(13-5-6-13)10-14-2-1-7-19-14/h1-4,7-8,13H,5-6,9-10,17H2. The molecular weight excluding hydrogens is 304 g/mol. The number of benzene rings is 1. The van der Waals surface area contributed by atoms with Gasteiger partial charge in [0, 0.05) is 22.7 Å². The quantitative estimate of drug-likeness (QED) is 0.852. The summed E-state index contributed by atoms with van der Waals surface area (Å²) in [5, 5.41) is 0. The lowest BCUT2D eigenvalue weighted by Gasteiger charge is -2.21. The van der Waals surface area contributed by atoms with E-state index in [2.05, 4.69) is 26.9 Å². The van der Waals surface area contributed by atoms with E-state index < -0.39 is 0 Å². The number of anilines is 1. The molecular formula is C15H17BrN2O. The predicted octanol–water partition coefficient (Wildman–Crippen LogP) is 3.79. The van der Waals surface area contributed by atoms with Crippen LogP contribution in [0, 0.1) is 0 Å². The SMILES string of the molecule is Nc1ccc(CN(Cc2ccco2)C2CC2)c(Br)c1. The van der Waals surface area contributed by atoms with Crippen LogP contribution in [-0.2, 0) is 13.1 Å². The van der Waals surface area contributed by atoms with E-state index in [0.29, 0.717) is 6.04 Å². The normalized spacial score (nSPS) is 15.1. The van der Waals surface area contributed by atoms with Crippen molar-refractivity contribution in [2.45, 2.75) is 32.0 Å². The minimum Gasteiger partial charge on any atom is -0.468 e. The van der Waals surface area contributed by atoms with Gasteiger partial charge >= 0.3 is 0 Å². The van der Waals surface area contributed by atoms with Crippen LogP contribution in [0.25, 0.3) is 0 Å². The molecule has 1 saturated carbocycles. The number of halogens is 1. The molecule has 0 saturated heterocycles. The molecule has 1 aliphatic carbocycles. The topological polar surface area (TPSA) is 42.4 Å². The molecule has 0 bridgehead atoms. The van der Waals surface area contributed by atoms with Crippen molar-refractivity contribution in [3.05, 3.63) is 52.4 Å². The minimum absolute atomic E-state index is 0.689. The van der Waals surface area contributed by atoms with Crippen LogP contribution >= 0.6 is 15.9 Å². The molecule has 0 amide bonds. The van der Waals surface area contributed by atoms with Gasteiger partial charge in [0.15, 0.2) is 0 Å². The molecule has 1 aromatic heterocycles. The Hall–Kier alpha value is -1.26. The molecule has 0 atom stereocenters. The van der Waals surface area contributed by atoms with Gasteiger partial charge in [0.2, 0.25) is 0 Å². The Bertz CT molecular complexity index is 549. The molecule has 3 rings (SSSR count). The maximum atomic E-state index is 5.78. The van der Waals surface area contributed by atoms with Gasteiger partial charge < -0.3 is 10.2 Å². The van der Waals surface area contributed by atoms with Crippen molar-refractivity contribution >= 4 is 21.6 Å². The van der Waals surface area contributed by atoms with Crippen molar-refractivity contribution < 1.29 is 4.42 Å². The van der Waals surface area contributed by atoms with Gasteiger partial charge in [-0.15, -0.1) is 0 Å². The fourth-order valence-corrected chi connectivity index (χ4v) is 2.79. The number of nitrogens with zero attached hydrogens (tertiary/aromatic N) is 1. The Morgan fingerprint density at radius 3 is 2.74 bits per heavy atom. The summed E-state index contributed by atoms with van der Waals surface area (Å²) in [4.78, 5) is 2.47. The fraction of sp³-hybridized carbons (Fsp3) is 0.333. The van der Waals surface area contributed by atoms with E-state index in [1.165, 1.54) is 18.4 Å². The Kier molecular flexibility index (Phi) is 3.62. The third-order valence-electron chi connectivity index (χ3n) is 3.45. The van der Waals surface area contributed by atoms with Crippen LogP contribution in [-0.4, -0.2) is 10.9 Å². The van der Waals surface area contributed by atoms with Crippen molar-refractivity contribution in [3.8, 4) is 0 Å². The third kappa shape index (κ3) is 3.19. The Balaban J connectivity index is 1.74. The number of furan rings is 1. The van der Waals surface area contributed by atoms with Crippen LogP contribution in [0.2, 0.25) is 0 Å². The number of hydrogen-bond acceptors (Lipinski definition) is 3. The molecule has 1 fully saturated rings. The summed E-state index contributed by atoms with van der Waals surface area (Å²) >= 11 is 3.59.